The van der Waals surface area contributed by atoms with Gasteiger partial charge in [0.2, 0.25) is 0 Å². The number of benzene rings is 2. The molecule has 0 amide bonds. The van der Waals surface area contributed by atoms with E-state index in [1.807, 2.05) is 58.3 Å². The summed E-state index contributed by atoms with van der Waals surface area (Å²) in [4.78, 5) is 4.50. The number of fused-ring (bicyclic) bond motifs is 1. The van der Waals surface area contributed by atoms with E-state index in [0.29, 0.717) is 9.39 Å². The smallest absolute Gasteiger partial charge is 0.138 e. The molecule has 0 atom stereocenters. The van der Waals surface area contributed by atoms with Crippen molar-refractivity contribution in [2.75, 3.05) is 0 Å². The van der Waals surface area contributed by atoms with Gasteiger partial charge in [0.25, 0.3) is 0 Å². The van der Waals surface area contributed by atoms with Crippen LogP contribution < -0.4 is 0 Å². The Morgan fingerprint density at radius 2 is 2.10 bits per heavy atom. The van der Waals surface area contributed by atoms with Crippen LogP contribution in [0.4, 0.5) is 4.39 Å². The van der Waals surface area contributed by atoms with Crippen LogP contribution in [0.1, 0.15) is 11.4 Å². The minimum atomic E-state index is -0.243. The molecule has 0 fully saturated rings. The molecule has 0 aliphatic carbocycles. The summed E-state index contributed by atoms with van der Waals surface area (Å²) in [5.41, 5.74) is 3.58. The highest BCUT2D eigenvalue weighted by atomic mass is 127. The first-order valence-electron chi connectivity index (χ1n) is 6.09. The molecule has 1 aromatic heterocycles. The van der Waals surface area contributed by atoms with Crippen molar-refractivity contribution in [1.29, 1.82) is 0 Å². The van der Waals surface area contributed by atoms with E-state index in [2.05, 4.69) is 4.98 Å². The molecular formula is C15H11ClFIN2. The maximum Gasteiger partial charge on any atom is 0.138 e. The molecule has 102 valence electrons. The number of aromatic nitrogens is 2. The maximum absolute atomic E-state index is 13.9. The highest BCUT2D eigenvalue weighted by Crippen LogP contribution is 2.26. The van der Waals surface area contributed by atoms with Gasteiger partial charge in [-0.25, -0.2) is 9.37 Å². The molecule has 0 N–H and O–H groups in total. The van der Waals surface area contributed by atoms with Crippen LogP contribution in [-0.4, -0.2) is 9.55 Å². The number of hydrogen-bond acceptors (Lipinski definition) is 1. The molecule has 0 saturated carbocycles. The third-order valence-corrected chi connectivity index (χ3v) is 4.21. The van der Waals surface area contributed by atoms with Gasteiger partial charge in [-0.15, -0.1) is 11.6 Å². The first-order valence-corrected chi connectivity index (χ1v) is 7.71. The van der Waals surface area contributed by atoms with Gasteiger partial charge in [-0.1, -0.05) is 12.1 Å². The molecule has 0 spiro atoms. The topological polar surface area (TPSA) is 17.8 Å². The van der Waals surface area contributed by atoms with Crippen LogP contribution >= 0.6 is 34.2 Å². The highest BCUT2D eigenvalue weighted by Gasteiger charge is 2.14. The number of nitrogens with zero attached hydrogens (tertiary/aromatic N) is 2. The van der Waals surface area contributed by atoms with Gasteiger partial charge in [0.1, 0.15) is 11.6 Å². The summed E-state index contributed by atoms with van der Waals surface area (Å²) in [6, 6.07) is 11.3. The average Bonchev–Trinajstić information content (AvgIpc) is 2.77. The normalized spacial score (nSPS) is 11.2. The molecule has 0 saturated heterocycles. The Balaban J connectivity index is 2.35. The van der Waals surface area contributed by atoms with Crippen LogP contribution in [0.25, 0.3) is 16.7 Å². The first-order chi connectivity index (χ1) is 9.60. The number of alkyl halides is 1. The molecular weight excluding hydrogens is 390 g/mol. The molecule has 20 heavy (non-hydrogen) atoms. The number of aryl methyl sites for hydroxylation is 1. The van der Waals surface area contributed by atoms with Gasteiger partial charge in [-0.2, -0.15) is 0 Å². The predicted molar refractivity (Wildman–Crippen MR) is 88.0 cm³/mol. The number of imidazole rings is 1. The van der Waals surface area contributed by atoms with Gasteiger partial charge in [-0.3, -0.25) is 4.57 Å². The lowest BCUT2D eigenvalue weighted by molar-refractivity contribution is 0.622. The van der Waals surface area contributed by atoms with E-state index in [-0.39, 0.29) is 11.7 Å². The van der Waals surface area contributed by atoms with Gasteiger partial charge in [0.05, 0.1) is 20.5 Å². The molecule has 0 unspecified atom stereocenters. The van der Waals surface area contributed by atoms with E-state index in [1.54, 1.807) is 6.07 Å². The van der Waals surface area contributed by atoms with E-state index in [0.717, 1.165) is 22.3 Å². The van der Waals surface area contributed by atoms with Crippen LogP contribution in [0.5, 0.6) is 0 Å². The van der Waals surface area contributed by atoms with Gasteiger partial charge in [0, 0.05) is 11.8 Å². The highest BCUT2D eigenvalue weighted by molar-refractivity contribution is 14.1. The van der Waals surface area contributed by atoms with Gasteiger partial charge >= 0.3 is 0 Å². The zero-order chi connectivity index (χ0) is 14.3. The molecule has 0 bridgehead atoms. The fraction of sp³-hybridized carbons (Fsp3) is 0.133. The quantitative estimate of drug-likeness (QED) is 0.446. The Labute approximate surface area is 134 Å². The summed E-state index contributed by atoms with van der Waals surface area (Å²) in [6.07, 6.45) is 0. The van der Waals surface area contributed by atoms with Crippen molar-refractivity contribution in [1.82, 2.24) is 9.55 Å². The lowest BCUT2D eigenvalue weighted by Crippen LogP contribution is -1.99. The lowest BCUT2D eigenvalue weighted by Gasteiger charge is -2.08. The molecule has 0 aliphatic heterocycles. The molecule has 3 rings (SSSR count). The molecule has 1 heterocycles. The third-order valence-electron chi connectivity index (χ3n) is 3.15. The summed E-state index contributed by atoms with van der Waals surface area (Å²) < 4.78 is 16.3. The van der Waals surface area contributed by atoms with Crippen LogP contribution in [-0.2, 0) is 5.88 Å². The standard InChI is InChI=1S/C15H11ClFIN2/c1-9-3-2-4-10(5-9)20-14-6-11(17)12(18)7-13(14)19-15(20)8-16/h2-7H,8H2,1H3. The van der Waals surface area contributed by atoms with Gasteiger partial charge in [0.15, 0.2) is 0 Å². The van der Waals surface area contributed by atoms with E-state index in [1.165, 1.54) is 6.07 Å². The SMILES string of the molecule is Cc1cccc(-n2c(CCl)nc3cc(I)c(F)cc32)c1. The van der Waals surface area contributed by atoms with E-state index in [9.17, 15) is 4.39 Å². The predicted octanol–water partition coefficient (Wildman–Crippen LogP) is 4.82. The van der Waals surface area contributed by atoms with Crippen molar-refractivity contribution in [3.63, 3.8) is 0 Å². The van der Waals surface area contributed by atoms with Crippen molar-refractivity contribution < 1.29 is 4.39 Å². The van der Waals surface area contributed by atoms with E-state index in [4.69, 9.17) is 11.6 Å². The second-order valence-electron chi connectivity index (χ2n) is 4.59. The Morgan fingerprint density at radius 1 is 1.30 bits per heavy atom. The zero-order valence-electron chi connectivity index (χ0n) is 10.7. The second kappa shape index (κ2) is 5.33. The third kappa shape index (κ3) is 2.31. The van der Waals surface area contributed by atoms with E-state index < -0.39 is 0 Å². The molecule has 2 nitrogen and oxygen atoms in total. The number of rotatable bonds is 2. The van der Waals surface area contributed by atoms with Crippen molar-refractivity contribution in [2.45, 2.75) is 12.8 Å². The molecule has 0 aliphatic rings. The fourth-order valence-corrected chi connectivity index (χ4v) is 2.90. The Kier molecular flexibility index (Phi) is 3.69. The molecule has 0 radical (unpaired) electrons. The molecule has 2 aromatic carbocycles. The Hall–Kier alpha value is -1.14. The number of hydrogen-bond donors (Lipinski definition) is 0. The first kappa shape index (κ1) is 13.8. The Bertz CT molecular complexity index is 798. The van der Waals surface area contributed by atoms with Gasteiger partial charge in [-0.05, 0) is 53.3 Å². The zero-order valence-corrected chi connectivity index (χ0v) is 13.6. The molecule has 3 aromatic rings. The average molecular weight is 401 g/mol. The fourth-order valence-electron chi connectivity index (χ4n) is 2.27. The number of halogens is 3. The van der Waals surface area contributed by atoms with Crippen LogP contribution in [0, 0.1) is 16.3 Å². The monoisotopic (exact) mass is 400 g/mol. The summed E-state index contributed by atoms with van der Waals surface area (Å²) in [5.74, 6) is 0.752. The molecule has 5 heteroatoms. The maximum atomic E-state index is 13.9. The summed E-state index contributed by atoms with van der Waals surface area (Å²) in [7, 11) is 0. The second-order valence-corrected chi connectivity index (χ2v) is 6.02. The Morgan fingerprint density at radius 3 is 2.80 bits per heavy atom. The van der Waals surface area contributed by atoms with Crippen LogP contribution in [0.3, 0.4) is 0 Å². The van der Waals surface area contributed by atoms with Crippen molar-refractivity contribution >= 4 is 45.2 Å². The summed E-state index contributed by atoms with van der Waals surface area (Å²) in [5, 5.41) is 0. The minimum absolute atomic E-state index is 0.243. The summed E-state index contributed by atoms with van der Waals surface area (Å²) >= 11 is 7.96. The minimum Gasteiger partial charge on any atom is -0.295 e. The largest absolute Gasteiger partial charge is 0.295 e. The van der Waals surface area contributed by atoms with Crippen molar-refractivity contribution in [2.24, 2.45) is 0 Å². The summed E-state index contributed by atoms with van der Waals surface area (Å²) in [6.45, 7) is 2.02. The van der Waals surface area contributed by atoms with Gasteiger partial charge < -0.3 is 0 Å². The van der Waals surface area contributed by atoms with Crippen molar-refractivity contribution in [3.05, 3.63) is 57.2 Å². The lowest BCUT2D eigenvalue weighted by atomic mass is 10.2. The van der Waals surface area contributed by atoms with Crippen molar-refractivity contribution in [3.8, 4) is 5.69 Å². The van der Waals surface area contributed by atoms with Crippen LogP contribution in [0.15, 0.2) is 36.4 Å². The van der Waals surface area contributed by atoms with Crippen LogP contribution in [0.2, 0.25) is 0 Å². The van der Waals surface area contributed by atoms with E-state index >= 15 is 0 Å².